The molecule has 1 heterocycles. The second kappa shape index (κ2) is 8.54. The Labute approximate surface area is 168 Å². The van der Waals surface area contributed by atoms with Gasteiger partial charge < -0.3 is 14.5 Å². The Kier molecular flexibility index (Phi) is 6.15. The van der Waals surface area contributed by atoms with Crippen LogP contribution in [0.5, 0.6) is 5.75 Å². The Morgan fingerprint density at radius 2 is 2.08 bits per heavy atom. The van der Waals surface area contributed by atoms with Gasteiger partial charge in [-0.1, -0.05) is 23.9 Å². The lowest BCUT2D eigenvalue weighted by Gasteiger charge is -2.07. The zero-order chi connectivity index (χ0) is 18.5. The standard InChI is InChI=1S/C18H16IN3O3S/c1-11-9-12(19)7-8-14(11)20-16(23)10-26-18-22-21-17(25-18)13-5-3-4-6-15(13)24-2/h3-9H,10H2,1-2H3,(H,20,23). The molecule has 0 aliphatic carbocycles. The Morgan fingerprint density at radius 1 is 1.27 bits per heavy atom. The van der Waals surface area contributed by atoms with E-state index in [1.54, 1.807) is 7.11 Å². The van der Waals surface area contributed by atoms with Crippen LogP contribution >= 0.6 is 34.4 Å². The summed E-state index contributed by atoms with van der Waals surface area (Å²) in [6.45, 7) is 1.96. The van der Waals surface area contributed by atoms with E-state index in [9.17, 15) is 4.79 Å². The lowest BCUT2D eigenvalue weighted by molar-refractivity contribution is -0.113. The molecule has 0 radical (unpaired) electrons. The number of benzene rings is 2. The fraction of sp³-hybridized carbons (Fsp3) is 0.167. The number of para-hydroxylation sites is 1. The molecule has 0 saturated heterocycles. The van der Waals surface area contributed by atoms with Gasteiger partial charge in [0.2, 0.25) is 5.91 Å². The van der Waals surface area contributed by atoms with E-state index in [0.29, 0.717) is 22.4 Å². The van der Waals surface area contributed by atoms with Crippen LogP contribution in [0.4, 0.5) is 5.69 Å². The number of amides is 1. The van der Waals surface area contributed by atoms with Crippen molar-refractivity contribution in [3.8, 4) is 17.2 Å². The summed E-state index contributed by atoms with van der Waals surface area (Å²) >= 11 is 3.43. The van der Waals surface area contributed by atoms with E-state index in [4.69, 9.17) is 9.15 Å². The van der Waals surface area contributed by atoms with Crippen molar-refractivity contribution in [3.63, 3.8) is 0 Å². The number of aromatic nitrogens is 2. The van der Waals surface area contributed by atoms with E-state index >= 15 is 0 Å². The van der Waals surface area contributed by atoms with E-state index in [2.05, 4.69) is 38.1 Å². The van der Waals surface area contributed by atoms with E-state index in [1.165, 1.54) is 11.8 Å². The summed E-state index contributed by atoms with van der Waals surface area (Å²) in [6.07, 6.45) is 0. The second-order valence-electron chi connectivity index (χ2n) is 5.37. The van der Waals surface area contributed by atoms with Gasteiger partial charge >= 0.3 is 0 Å². The molecule has 6 nitrogen and oxygen atoms in total. The van der Waals surface area contributed by atoms with Crippen LogP contribution in [-0.4, -0.2) is 29.0 Å². The van der Waals surface area contributed by atoms with Gasteiger partial charge in [-0.25, -0.2) is 0 Å². The third-order valence-corrected chi connectivity index (χ3v) is 5.02. The Bertz CT molecular complexity index is 930. The number of anilines is 1. The van der Waals surface area contributed by atoms with Crippen LogP contribution in [0.2, 0.25) is 0 Å². The van der Waals surface area contributed by atoms with Gasteiger partial charge in [0.25, 0.3) is 11.1 Å². The minimum atomic E-state index is -0.128. The number of halogens is 1. The summed E-state index contributed by atoms with van der Waals surface area (Å²) in [6, 6.07) is 13.3. The molecule has 8 heteroatoms. The molecule has 3 rings (SSSR count). The topological polar surface area (TPSA) is 77.2 Å². The minimum Gasteiger partial charge on any atom is -0.496 e. The fourth-order valence-electron chi connectivity index (χ4n) is 2.28. The number of carbonyl (C=O) groups excluding carboxylic acids is 1. The molecular weight excluding hydrogens is 465 g/mol. The molecule has 0 saturated carbocycles. The highest BCUT2D eigenvalue weighted by molar-refractivity contribution is 14.1. The summed E-state index contributed by atoms with van der Waals surface area (Å²) in [4.78, 5) is 12.2. The van der Waals surface area contributed by atoms with Gasteiger partial charge in [0.15, 0.2) is 0 Å². The third-order valence-electron chi connectivity index (χ3n) is 3.53. The number of hydrogen-bond donors (Lipinski definition) is 1. The largest absolute Gasteiger partial charge is 0.496 e. The molecule has 0 bridgehead atoms. The fourth-order valence-corrected chi connectivity index (χ4v) is 3.49. The molecule has 0 aliphatic heterocycles. The van der Waals surface area contributed by atoms with Crippen molar-refractivity contribution in [2.75, 3.05) is 18.2 Å². The first-order valence-electron chi connectivity index (χ1n) is 7.72. The predicted molar refractivity (Wildman–Crippen MR) is 110 cm³/mol. The van der Waals surface area contributed by atoms with E-state index < -0.39 is 0 Å². The van der Waals surface area contributed by atoms with Gasteiger partial charge in [-0.15, -0.1) is 10.2 Å². The monoisotopic (exact) mass is 481 g/mol. The molecule has 26 heavy (non-hydrogen) atoms. The summed E-state index contributed by atoms with van der Waals surface area (Å²) in [5, 5.41) is 11.2. The van der Waals surface area contributed by atoms with Crippen molar-refractivity contribution in [2.24, 2.45) is 0 Å². The number of thioether (sulfide) groups is 1. The van der Waals surface area contributed by atoms with Gasteiger partial charge in [-0.05, 0) is 65.4 Å². The summed E-state index contributed by atoms with van der Waals surface area (Å²) in [5.74, 6) is 1.06. The summed E-state index contributed by atoms with van der Waals surface area (Å²) in [5.41, 5.74) is 2.54. The molecule has 3 aromatic rings. The lowest BCUT2D eigenvalue weighted by Crippen LogP contribution is -2.14. The maximum Gasteiger partial charge on any atom is 0.277 e. The first kappa shape index (κ1) is 18.7. The first-order chi connectivity index (χ1) is 12.6. The quantitative estimate of drug-likeness (QED) is 0.416. The van der Waals surface area contributed by atoms with Crippen molar-refractivity contribution in [3.05, 3.63) is 51.6 Å². The van der Waals surface area contributed by atoms with Crippen molar-refractivity contribution in [1.29, 1.82) is 0 Å². The number of nitrogens with one attached hydrogen (secondary N) is 1. The van der Waals surface area contributed by atoms with E-state index in [1.807, 2.05) is 49.4 Å². The van der Waals surface area contributed by atoms with Crippen LogP contribution in [0, 0.1) is 10.5 Å². The lowest BCUT2D eigenvalue weighted by atomic mass is 10.2. The van der Waals surface area contributed by atoms with Gasteiger partial charge in [0, 0.05) is 9.26 Å². The number of aryl methyl sites for hydroxylation is 1. The van der Waals surface area contributed by atoms with Crippen LogP contribution in [0.1, 0.15) is 5.56 Å². The van der Waals surface area contributed by atoms with Crippen LogP contribution in [-0.2, 0) is 4.79 Å². The molecule has 1 amide bonds. The molecule has 0 spiro atoms. The Balaban J connectivity index is 1.62. The maximum atomic E-state index is 12.2. The molecule has 0 unspecified atom stereocenters. The second-order valence-corrected chi connectivity index (χ2v) is 7.54. The Hall–Kier alpha value is -2.07. The number of hydrogen-bond acceptors (Lipinski definition) is 6. The number of ether oxygens (including phenoxy) is 1. The van der Waals surface area contributed by atoms with Crippen LogP contribution < -0.4 is 10.1 Å². The van der Waals surface area contributed by atoms with Crippen molar-refractivity contribution in [1.82, 2.24) is 10.2 Å². The number of nitrogens with zero attached hydrogens (tertiary/aromatic N) is 2. The summed E-state index contributed by atoms with van der Waals surface area (Å²) in [7, 11) is 1.59. The highest BCUT2D eigenvalue weighted by atomic mass is 127. The first-order valence-corrected chi connectivity index (χ1v) is 9.79. The van der Waals surface area contributed by atoms with Gasteiger partial charge in [0.05, 0.1) is 18.4 Å². The smallest absolute Gasteiger partial charge is 0.277 e. The maximum absolute atomic E-state index is 12.2. The van der Waals surface area contributed by atoms with E-state index in [0.717, 1.165) is 14.8 Å². The average Bonchev–Trinajstić information content (AvgIpc) is 3.11. The molecule has 1 N–H and O–H groups in total. The molecule has 2 aromatic carbocycles. The number of rotatable bonds is 6. The molecule has 134 valence electrons. The van der Waals surface area contributed by atoms with Crippen LogP contribution in [0.3, 0.4) is 0 Å². The summed E-state index contributed by atoms with van der Waals surface area (Å²) < 4.78 is 12.1. The number of carbonyl (C=O) groups is 1. The number of methoxy groups -OCH3 is 1. The van der Waals surface area contributed by atoms with E-state index in [-0.39, 0.29) is 11.7 Å². The van der Waals surface area contributed by atoms with Crippen molar-refractivity contribution in [2.45, 2.75) is 12.1 Å². The van der Waals surface area contributed by atoms with Crippen LogP contribution in [0.15, 0.2) is 52.1 Å². The Morgan fingerprint density at radius 3 is 2.85 bits per heavy atom. The van der Waals surface area contributed by atoms with Crippen molar-refractivity contribution < 1.29 is 13.9 Å². The van der Waals surface area contributed by atoms with Crippen molar-refractivity contribution >= 4 is 45.9 Å². The third kappa shape index (κ3) is 4.55. The zero-order valence-electron chi connectivity index (χ0n) is 14.2. The van der Waals surface area contributed by atoms with Gasteiger partial charge in [-0.2, -0.15) is 0 Å². The SMILES string of the molecule is COc1ccccc1-c1nnc(SCC(=O)Nc2ccc(I)cc2C)o1. The molecule has 1 aromatic heterocycles. The minimum absolute atomic E-state index is 0.128. The highest BCUT2D eigenvalue weighted by Gasteiger charge is 2.14. The van der Waals surface area contributed by atoms with Gasteiger partial charge in [-0.3, -0.25) is 4.79 Å². The average molecular weight is 481 g/mol. The molecule has 0 fully saturated rings. The predicted octanol–water partition coefficient (Wildman–Crippen LogP) is 4.39. The molecule has 0 atom stereocenters. The zero-order valence-corrected chi connectivity index (χ0v) is 17.1. The highest BCUT2D eigenvalue weighted by Crippen LogP contribution is 2.30. The molecular formula is C18H16IN3O3S. The van der Waals surface area contributed by atoms with Crippen LogP contribution in [0.25, 0.3) is 11.5 Å². The van der Waals surface area contributed by atoms with Gasteiger partial charge in [0.1, 0.15) is 5.75 Å². The normalized spacial score (nSPS) is 10.6. The molecule has 0 aliphatic rings.